The average Bonchev–Trinajstić information content (AvgIpc) is 3.05. The van der Waals surface area contributed by atoms with Crippen LogP contribution in [0.25, 0.3) is 0 Å². The fourth-order valence-corrected chi connectivity index (χ4v) is 4.17. The second-order valence-corrected chi connectivity index (χ2v) is 7.16. The van der Waals surface area contributed by atoms with Crippen molar-refractivity contribution in [3.05, 3.63) is 40.9 Å². The van der Waals surface area contributed by atoms with Crippen LogP contribution in [0.2, 0.25) is 0 Å². The fourth-order valence-electron chi connectivity index (χ4n) is 2.76. The van der Waals surface area contributed by atoms with Gasteiger partial charge in [-0.3, -0.25) is 4.79 Å². The zero-order valence-electron chi connectivity index (χ0n) is 11.9. The van der Waals surface area contributed by atoms with Crippen LogP contribution in [-0.2, 0) is 11.2 Å². The van der Waals surface area contributed by atoms with E-state index in [4.69, 9.17) is 0 Å². The number of thioether (sulfide) groups is 1. The number of aryl methyl sites for hydroxylation is 1. The summed E-state index contributed by atoms with van der Waals surface area (Å²) >= 11 is 2.93. The Morgan fingerprint density at radius 2 is 2.33 bits per heavy atom. The molecule has 0 N–H and O–H groups in total. The van der Waals surface area contributed by atoms with Crippen LogP contribution in [0.5, 0.6) is 0 Å². The second kappa shape index (κ2) is 6.58. The van der Waals surface area contributed by atoms with Crippen molar-refractivity contribution in [2.45, 2.75) is 29.6 Å². The molecule has 0 spiro atoms. The second-order valence-electron chi connectivity index (χ2n) is 5.10. The molecule has 0 bridgehead atoms. The maximum atomic E-state index is 12.4. The molecule has 2 aromatic rings. The van der Waals surface area contributed by atoms with Crippen molar-refractivity contribution in [2.75, 3.05) is 12.8 Å². The molecule has 1 unspecified atom stereocenters. The summed E-state index contributed by atoms with van der Waals surface area (Å²) in [5.74, 6) is 0.571. The molecule has 1 amide bonds. The number of hydrogen-bond donors (Lipinski definition) is 0. The van der Waals surface area contributed by atoms with Gasteiger partial charge < -0.3 is 4.90 Å². The monoisotopic (exact) mass is 319 g/mol. The van der Waals surface area contributed by atoms with E-state index in [-0.39, 0.29) is 11.9 Å². The number of nitrogens with zero attached hydrogens (tertiary/aromatic N) is 3. The molecule has 1 aromatic carbocycles. The molecule has 1 aliphatic carbocycles. The zero-order valence-corrected chi connectivity index (χ0v) is 13.5. The molecule has 0 saturated carbocycles. The summed E-state index contributed by atoms with van der Waals surface area (Å²) < 4.78 is 0.848. The predicted octanol–water partition coefficient (Wildman–Crippen LogP) is 3.17. The number of carbonyl (C=O) groups is 1. The predicted molar refractivity (Wildman–Crippen MR) is 85.5 cm³/mol. The van der Waals surface area contributed by atoms with Crippen molar-refractivity contribution in [1.29, 1.82) is 0 Å². The molecule has 6 heteroatoms. The third kappa shape index (κ3) is 3.27. The van der Waals surface area contributed by atoms with Crippen molar-refractivity contribution in [1.82, 2.24) is 15.1 Å². The van der Waals surface area contributed by atoms with Crippen LogP contribution in [0.15, 0.2) is 34.1 Å². The summed E-state index contributed by atoms with van der Waals surface area (Å²) in [6.45, 7) is 0. The van der Waals surface area contributed by atoms with Gasteiger partial charge in [0.2, 0.25) is 5.91 Å². The minimum absolute atomic E-state index is 0.150. The van der Waals surface area contributed by atoms with Gasteiger partial charge in [-0.05, 0) is 30.4 Å². The molecular weight excluding hydrogens is 302 g/mol. The minimum Gasteiger partial charge on any atom is -0.338 e. The SMILES string of the molecule is CN(C(=O)CSc1nncs1)C1CCCc2ccccc21. The molecule has 4 nitrogen and oxygen atoms in total. The van der Waals surface area contributed by atoms with Gasteiger partial charge in [0.1, 0.15) is 5.51 Å². The quantitative estimate of drug-likeness (QED) is 0.812. The largest absolute Gasteiger partial charge is 0.338 e. The summed E-state index contributed by atoms with van der Waals surface area (Å²) in [6.07, 6.45) is 3.31. The van der Waals surface area contributed by atoms with E-state index in [0.29, 0.717) is 5.75 Å². The van der Waals surface area contributed by atoms with E-state index in [9.17, 15) is 4.79 Å². The Bertz CT molecular complexity index is 615. The molecular formula is C15H17N3OS2. The van der Waals surface area contributed by atoms with E-state index in [1.165, 1.54) is 34.2 Å². The van der Waals surface area contributed by atoms with Crippen LogP contribution in [-0.4, -0.2) is 33.8 Å². The fraction of sp³-hybridized carbons (Fsp3) is 0.400. The molecule has 0 fully saturated rings. The third-order valence-corrected chi connectivity index (χ3v) is 5.70. The number of benzene rings is 1. The van der Waals surface area contributed by atoms with Gasteiger partial charge in [-0.15, -0.1) is 10.2 Å². The molecule has 0 saturated heterocycles. The average molecular weight is 319 g/mol. The third-order valence-electron chi connectivity index (χ3n) is 3.86. The van der Waals surface area contributed by atoms with E-state index in [1.807, 2.05) is 11.9 Å². The summed E-state index contributed by atoms with van der Waals surface area (Å²) in [7, 11) is 1.91. The Kier molecular flexibility index (Phi) is 4.55. The van der Waals surface area contributed by atoms with Crippen LogP contribution in [0.1, 0.15) is 30.0 Å². The zero-order chi connectivity index (χ0) is 14.7. The van der Waals surface area contributed by atoms with Gasteiger partial charge in [-0.25, -0.2) is 0 Å². The molecule has 3 rings (SSSR count). The first-order valence-corrected chi connectivity index (χ1v) is 8.84. The lowest BCUT2D eigenvalue weighted by atomic mass is 9.87. The maximum Gasteiger partial charge on any atom is 0.233 e. The molecule has 110 valence electrons. The van der Waals surface area contributed by atoms with Crippen LogP contribution >= 0.6 is 23.1 Å². The minimum atomic E-state index is 0.150. The van der Waals surface area contributed by atoms with Crippen LogP contribution in [0, 0.1) is 0 Å². The Hall–Kier alpha value is -1.40. The van der Waals surface area contributed by atoms with Crippen LogP contribution in [0.3, 0.4) is 0 Å². The normalized spacial score (nSPS) is 17.3. The van der Waals surface area contributed by atoms with Crippen molar-refractivity contribution in [2.24, 2.45) is 0 Å². The number of amides is 1. The lowest BCUT2D eigenvalue weighted by molar-refractivity contribution is -0.129. The number of carbonyl (C=O) groups excluding carboxylic acids is 1. The van der Waals surface area contributed by atoms with Gasteiger partial charge in [-0.2, -0.15) is 0 Å². The standard InChI is InChI=1S/C15H17N3OS2/c1-18(14(19)9-20-15-17-16-10-21-15)13-8-4-6-11-5-2-3-7-12(11)13/h2-3,5,7,10,13H,4,6,8-9H2,1H3. The number of rotatable bonds is 4. The smallest absolute Gasteiger partial charge is 0.233 e. The van der Waals surface area contributed by atoms with Gasteiger partial charge in [0, 0.05) is 7.05 Å². The topological polar surface area (TPSA) is 46.1 Å². The highest BCUT2D eigenvalue weighted by molar-refractivity contribution is 8.01. The lowest BCUT2D eigenvalue weighted by Gasteiger charge is -2.33. The van der Waals surface area contributed by atoms with Crippen molar-refractivity contribution >= 4 is 29.0 Å². The summed E-state index contributed by atoms with van der Waals surface area (Å²) in [5.41, 5.74) is 4.37. The molecule has 1 aliphatic rings. The molecule has 21 heavy (non-hydrogen) atoms. The maximum absolute atomic E-state index is 12.4. The van der Waals surface area contributed by atoms with E-state index in [1.54, 1.807) is 5.51 Å². The van der Waals surface area contributed by atoms with Gasteiger partial charge in [0.25, 0.3) is 0 Å². The molecule has 0 aliphatic heterocycles. The summed E-state index contributed by atoms with van der Waals surface area (Å²) in [6, 6.07) is 8.67. The Morgan fingerprint density at radius 1 is 1.48 bits per heavy atom. The van der Waals surface area contributed by atoms with Gasteiger partial charge in [-0.1, -0.05) is 47.4 Å². The highest BCUT2D eigenvalue weighted by atomic mass is 32.2. The summed E-state index contributed by atoms with van der Waals surface area (Å²) in [5, 5.41) is 7.74. The first kappa shape index (κ1) is 14.5. The van der Waals surface area contributed by atoms with Crippen molar-refractivity contribution < 1.29 is 4.79 Å². The van der Waals surface area contributed by atoms with Crippen molar-refractivity contribution in [3.8, 4) is 0 Å². The van der Waals surface area contributed by atoms with Crippen molar-refractivity contribution in [3.63, 3.8) is 0 Å². The van der Waals surface area contributed by atoms with E-state index in [0.717, 1.165) is 23.6 Å². The number of aromatic nitrogens is 2. The first-order chi connectivity index (χ1) is 10.3. The Morgan fingerprint density at radius 3 is 3.14 bits per heavy atom. The number of hydrogen-bond acceptors (Lipinski definition) is 5. The van der Waals surface area contributed by atoms with E-state index in [2.05, 4.69) is 34.5 Å². The molecule has 0 radical (unpaired) electrons. The van der Waals surface area contributed by atoms with Crippen LogP contribution in [0.4, 0.5) is 0 Å². The molecule has 1 heterocycles. The Balaban J connectivity index is 1.67. The van der Waals surface area contributed by atoms with E-state index >= 15 is 0 Å². The van der Waals surface area contributed by atoms with E-state index < -0.39 is 0 Å². The number of fused-ring (bicyclic) bond motifs is 1. The lowest BCUT2D eigenvalue weighted by Crippen LogP contribution is -2.34. The molecule has 1 aromatic heterocycles. The summed E-state index contributed by atoms with van der Waals surface area (Å²) in [4.78, 5) is 14.3. The van der Waals surface area contributed by atoms with Gasteiger partial charge in [0.15, 0.2) is 4.34 Å². The first-order valence-electron chi connectivity index (χ1n) is 6.98. The molecule has 1 atom stereocenters. The highest BCUT2D eigenvalue weighted by Crippen LogP contribution is 2.34. The Labute approximate surface area is 132 Å². The van der Waals surface area contributed by atoms with Crippen LogP contribution < -0.4 is 0 Å². The highest BCUT2D eigenvalue weighted by Gasteiger charge is 2.26. The van der Waals surface area contributed by atoms with Gasteiger partial charge >= 0.3 is 0 Å². The van der Waals surface area contributed by atoms with Gasteiger partial charge in [0.05, 0.1) is 11.8 Å².